The molecule has 6 nitrogen and oxygen atoms in total. The first-order valence-corrected chi connectivity index (χ1v) is 4.48. The summed E-state index contributed by atoms with van der Waals surface area (Å²) in [5.41, 5.74) is -2.40. The molecule has 1 aromatic carbocycles. The van der Waals surface area contributed by atoms with E-state index in [4.69, 9.17) is 0 Å². The lowest BCUT2D eigenvalue weighted by molar-refractivity contribution is 1.31. The maximum Gasteiger partial charge on any atom is 0.296 e. The molecule has 2 heterocycles. The van der Waals surface area contributed by atoms with Crippen molar-refractivity contribution in [1.82, 2.24) is 9.97 Å². The largest absolute Gasteiger partial charge is 0.317 e. The smallest absolute Gasteiger partial charge is 0.296 e. The fraction of sp³-hybridized carbons (Fsp3) is 0. The quantitative estimate of drug-likeness (QED) is 0.469. The Morgan fingerprint density at radius 1 is 0.688 bits per heavy atom. The van der Waals surface area contributed by atoms with Gasteiger partial charge in [0.1, 0.15) is 0 Å². The second-order valence-corrected chi connectivity index (χ2v) is 3.48. The fourth-order valence-electron chi connectivity index (χ4n) is 1.83. The van der Waals surface area contributed by atoms with Gasteiger partial charge in [-0.15, -0.1) is 0 Å². The molecule has 0 atom stereocenters. The average Bonchev–Trinajstić information content (AvgIpc) is 2.70. The third-order valence-electron chi connectivity index (χ3n) is 2.58. The Morgan fingerprint density at radius 2 is 1.06 bits per heavy atom. The van der Waals surface area contributed by atoms with E-state index in [0.29, 0.717) is 0 Å². The van der Waals surface area contributed by atoms with Gasteiger partial charge in [-0.05, 0) is 12.1 Å². The van der Waals surface area contributed by atoms with Gasteiger partial charge in [0.15, 0.2) is 0 Å². The molecule has 3 rings (SSSR count). The summed E-state index contributed by atoms with van der Waals surface area (Å²) in [5.74, 6) is 0. The number of aromatic nitrogens is 2. The summed E-state index contributed by atoms with van der Waals surface area (Å²) in [4.78, 5) is 49.6. The van der Waals surface area contributed by atoms with Crippen LogP contribution in [0.4, 0.5) is 0 Å². The van der Waals surface area contributed by atoms with E-state index in [2.05, 4.69) is 9.97 Å². The molecule has 0 bridgehead atoms. The molecule has 6 heteroatoms. The summed E-state index contributed by atoms with van der Waals surface area (Å²) < 4.78 is 0. The average molecular weight is 216 g/mol. The van der Waals surface area contributed by atoms with Gasteiger partial charge >= 0.3 is 0 Å². The summed E-state index contributed by atoms with van der Waals surface area (Å²) >= 11 is 0. The van der Waals surface area contributed by atoms with Crippen LogP contribution in [-0.4, -0.2) is 9.97 Å². The van der Waals surface area contributed by atoms with Gasteiger partial charge in [-0.25, -0.2) is 0 Å². The molecule has 0 aliphatic rings. The van der Waals surface area contributed by atoms with Crippen molar-refractivity contribution in [3.8, 4) is 0 Å². The first-order chi connectivity index (χ1) is 7.59. The van der Waals surface area contributed by atoms with Crippen LogP contribution in [0.5, 0.6) is 0 Å². The van der Waals surface area contributed by atoms with E-state index in [9.17, 15) is 19.2 Å². The van der Waals surface area contributed by atoms with Crippen molar-refractivity contribution in [1.29, 1.82) is 0 Å². The maximum absolute atomic E-state index is 11.3. The first kappa shape index (κ1) is 8.78. The molecule has 3 aromatic rings. The van der Waals surface area contributed by atoms with Crippen molar-refractivity contribution in [2.24, 2.45) is 0 Å². The Balaban J connectivity index is 2.82. The topological polar surface area (TPSA) is 99.9 Å². The summed E-state index contributed by atoms with van der Waals surface area (Å²) in [6.45, 7) is 0. The van der Waals surface area contributed by atoms with Gasteiger partial charge in [0, 0.05) is 0 Å². The van der Waals surface area contributed by atoms with Gasteiger partial charge in [-0.2, -0.15) is 0 Å². The molecule has 0 aliphatic carbocycles. The normalized spacial score (nSPS) is 11.5. The second kappa shape index (κ2) is 2.54. The van der Waals surface area contributed by atoms with Gasteiger partial charge in [0.2, 0.25) is 0 Å². The molecule has 0 aliphatic heterocycles. The van der Waals surface area contributed by atoms with Crippen molar-refractivity contribution in [3.05, 3.63) is 53.3 Å². The maximum atomic E-state index is 11.3. The van der Waals surface area contributed by atoms with E-state index in [1.54, 1.807) is 0 Å². The van der Waals surface area contributed by atoms with Crippen LogP contribution in [-0.2, 0) is 0 Å². The minimum Gasteiger partial charge on any atom is -0.317 e. The molecule has 16 heavy (non-hydrogen) atoms. The van der Waals surface area contributed by atoms with Crippen molar-refractivity contribution < 1.29 is 0 Å². The number of aromatic amines is 2. The minimum atomic E-state index is -0.753. The highest BCUT2D eigenvalue weighted by molar-refractivity contribution is 6.03. The van der Waals surface area contributed by atoms with Crippen LogP contribution in [0.15, 0.2) is 31.3 Å². The summed E-state index contributed by atoms with van der Waals surface area (Å²) in [6.07, 6.45) is 0. The molecular formula is C10H4N2O4. The number of hydrogen-bond acceptors (Lipinski definition) is 4. The van der Waals surface area contributed by atoms with E-state index in [0.717, 1.165) is 0 Å². The summed E-state index contributed by atoms with van der Waals surface area (Å²) in [5, 5.41) is 0.359. The molecule has 0 saturated carbocycles. The van der Waals surface area contributed by atoms with Gasteiger partial charge < -0.3 is 9.97 Å². The van der Waals surface area contributed by atoms with Crippen LogP contribution in [0.1, 0.15) is 0 Å². The summed E-state index contributed by atoms with van der Waals surface area (Å²) in [6, 6.07) is 2.74. The van der Waals surface area contributed by atoms with Gasteiger partial charge in [0.05, 0.1) is 21.8 Å². The molecule has 0 radical (unpaired) electrons. The Bertz CT molecular complexity index is 844. The molecular weight excluding hydrogens is 212 g/mol. The van der Waals surface area contributed by atoms with Crippen molar-refractivity contribution in [3.63, 3.8) is 0 Å². The Hall–Kier alpha value is -2.50. The Labute approximate surface area is 85.9 Å². The Morgan fingerprint density at radius 3 is 1.44 bits per heavy atom. The molecule has 78 valence electrons. The fourth-order valence-corrected chi connectivity index (χ4v) is 1.83. The van der Waals surface area contributed by atoms with Crippen LogP contribution >= 0.6 is 0 Å². The van der Waals surface area contributed by atoms with E-state index in [1.807, 2.05) is 0 Å². The predicted molar refractivity (Wildman–Crippen MR) is 57.6 cm³/mol. The van der Waals surface area contributed by atoms with Crippen molar-refractivity contribution >= 4 is 21.8 Å². The highest BCUT2D eigenvalue weighted by atomic mass is 16.2. The van der Waals surface area contributed by atoms with Gasteiger partial charge in [-0.3, -0.25) is 19.2 Å². The van der Waals surface area contributed by atoms with Gasteiger partial charge in [0.25, 0.3) is 22.0 Å². The number of fused-ring (bicyclic) bond motifs is 3. The molecule has 2 aromatic heterocycles. The standard InChI is InChI=1S/C10H4N2O4/c13-7-3-1-2-4-6(5(3)11-9(7)15)12-10(16)8(4)14/h1-2H,(H,11,13,15)(H,12,14,16). The lowest BCUT2D eigenvalue weighted by atomic mass is 10.2. The predicted octanol–water partition coefficient (Wildman–Crippen LogP) is -1.03. The van der Waals surface area contributed by atoms with E-state index < -0.39 is 22.0 Å². The first-order valence-electron chi connectivity index (χ1n) is 4.48. The van der Waals surface area contributed by atoms with Crippen molar-refractivity contribution in [2.45, 2.75) is 0 Å². The zero-order chi connectivity index (χ0) is 11.4. The lowest BCUT2D eigenvalue weighted by Crippen LogP contribution is -2.19. The second-order valence-electron chi connectivity index (χ2n) is 3.48. The highest BCUT2D eigenvalue weighted by Crippen LogP contribution is 2.15. The van der Waals surface area contributed by atoms with Gasteiger partial charge in [-0.1, -0.05) is 0 Å². The van der Waals surface area contributed by atoms with E-state index in [-0.39, 0.29) is 21.8 Å². The van der Waals surface area contributed by atoms with Crippen LogP contribution in [0, 0.1) is 0 Å². The number of nitrogens with one attached hydrogen (secondary N) is 2. The molecule has 2 N–H and O–H groups in total. The van der Waals surface area contributed by atoms with E-state index in [1.165, 1.54) is 12.1 Å². The van der Waals surface area contributed by atoms with Crippen LogP contribution in [0.25, 0.3) is 21.8 Å². The monoisotopic (exact) mass is 216 g/mol. The van der Waals surface area contributed by atoms with Crippen molar-refractivity contribution in [2.75, 3.05) is 0 Å². The molecule has 0 saturated heterocycles. The molecule has 0 amide bonds. The minimum absolute atomic E-state index is 0.179. The summed E-state index contributed by atoms with van der Waals surface area (Å²) in [7, 11) is 0. The third kappa shape index (κ3) is 0.855. The van der Waals surface area contributed by atoms with E-state index >= 15 is 0 Å². The Kier molecular flexibility index (Phi) is 1.40. The number of H-pyrrole nitrogens is 2. The highest BCUT2D eigenvalue weighted by Gasteiger charge is 2.13. The number of benzene rings is 1. The number of hydrogen-bond donors (Lipinski definition) is 2. The van der Waals surface area contributed by atoms with Crippen LogP contribution in [0.2, 0.25) is 0 Å². The zero-order valence-corrected chi connectivity index (χ0v) is 7.79. The third-order valence-corrected chi connectivity index (χ3v) is 2.58. The molecule has 0 fully saturated rings. The van der Waals surface area contributed by atoms with Crippen LogP contribution < -0.4 is 22.0 Å². The zero-order valence-electron chi connectivity index (χ0n) is 7.79. The number of rotatable bonds is 0. The van der Waals surface area contributed by atoms with Crippen LogP contribution in [0.3, 0.4) is 0 Å². The lowest BCUT2D eigenvalue weighted by Gasteiger charge is -1.89. The molecule has 0 spiro atoms. The molecule has 0 unspecified atom stereocenters. The SMILES string of the molecule is O=c1[nH]c2c(ccc3c(=O)c(=O)[nH]c32)c1=O.